The van der Waals surface area contributed by atoms with Crippen LogP contribution in [0.15, 0.2) is 30.5 Å². The molecule has 6 nitrogen and oxygen atoms in total. The van der Waals surface area contributed by atoms with Crippen LogP contribution in [0.5, 0.6) is 0 Å². The average molecular weight is 284 g/mol. The number of hydrogen-bond donors (Lipinski definition) is 1. The van der Waals surface area contributed by atoms with E-state index < -0.39 is 0 Å². The lowest BCUT2D eigenvalue weighted by Gasteiger charge is -2.06. The molecule has 1 aromatic carbocycles. The second kappa shape index (κ2) is 6.05. The Balaban J connectivity index is 1.86. The van der Waals surface area contributed by atoms with Gasteiger partial charge in [-0.25, -0.2) is 0 Å². The van der Waals surface area contributed by atoms with E-state index in [1.54, 1.807) is 7.05 Å². The first-order chi connectivity index (χ1) is 10.3. The van der Waals surface area contributed by atoms with Gasteiger partial charge in [-0.15, -0.1) is 10.2 Å². The summed E-state index contributed by atoms with van der Waals surface area (Å²) >= 11 is 0. The van der Waals surface area contributed by atoms with E-state index in [1.165, 1.54) is 21.3 Å². The summed E-state index contributed by atoms with van der Waals surface area (Å²) < 4.78 is 2.16. The molecular weight excluding hydrogens is 264 g/mol. The molecule has 0 saturated carbocycles. The van der Waals surface area contributed by atoms with Crippen molar-refractivity contribution < 1.29 is 0 Å². The number of tetrazole rings is 1. The molecule has 2 heterocycles. The molecule has 6 heteroatoms. The van der Waals surface area contributed by atoms with Crippen molar-refractivity contribution in [3.05, 3.63) is 41.9 Å². The molecule has 3 aromatic rings. The van der Waals surface area contributed by atoms with Crippen molar-refractivity contribution in [1.29, 1.82) is 0 Å². The van der Waals surface area contributed by atoms with Gasteiger partial charge in [0, 0.05) is 23.6 Å². The molecule has 0 aliphatic rings. The molecule has 0 unspecified atom stereocenters. The number of rotatable bonds is 6. The highest BCUT2D eigenvalue weighted by molar-refractivity contribution is 5.83. The molecule has 0 saturated heterocycles. The molecule has 110 valence electrons. The van der Waals surface area contributed by atoms with Crippen molar-refractivity contribution in [2.45, 2.75) is 26.4 Å². The molecule has 0 atom stereocenters. The second-order valence-corrected chi connectivity index (χ2v) is 5.17. The molecule has 0 aliphatic carbocycles. The van der Waals surface area contributed by atoms with Crippen molar-refractivity contribution in [1.82, 2.24) is 30.1 Å². The van der Waals surface area contributed by atoms with Gasteiger partial charge >= 0.3 is 0 Å². The third-order valence-electron chi connectivity index (χ3n) is 3.51. The van der Waals surface area contributed by atoms with Crippen LogP contribution in [0, 0.1) is 0 Å². The van der Waals surface area contributed by atoms with Gasteiger partial charge in [0.05, 0.1) is 13.6 Å². The van der Waals surface area contributed by atoms with Crippen molar-refractivity contribution in [2.75, 3.05) is 6.54 Å². The van der Waals surface area contributed by atoms with Crippen LogP contribution in [0.25, 0.3) is 10.9 Å². The fourth-order valence-electron chi connectivity index (χ4n) is 2.52. The van der Waals surface area contributed by atoms with E-state index in [0.717, 1.165) is 25.3 Å². The number of aromatic nitrogens is 5. The molecule has 0 amide bonds. The lowest BCUT2D eigenvalue weighted by atomic mass is 10.1. The summed E-state index contributed by atoms with van der Waals surface area (Å²) in [6.07, 6.45) is 3.24. The normalized spacial score (nSPS) is 11.3. The molecule has 1 N–H and O–H groups in total. The summed E-state index contributed by atoms with van der Waals surface area (Å²) in [5.41, 5.74) is 2.53. The molecule has 2 aromatic heterocycles. The Morgan fingerprint density at radius 2 is 2.14 bits per heavy atom. The second-order valence-electron chi connectivity index (χ2n) is 5.17. The van der Waals surface area contributed by atoms with Gasteiger partial charge in [0.15, 0.2) is 5.82 Å². The Hall–Kier alpha value is -2.21. The Morgan fingerprint density at radius 3 is 2.90 bits per heavy atom. The summed E-state index contributed by atoms with van der Waals surface area (Å²) in [6.45, 7) is 4.76. The summed E-state index contributed by atoms with van der Waals surface area (Å²) in [5.74, 6) is 0.726. The van der Waals surface area contributed by atoms with Gasteiger partial charge in [-0.2, -0.15) is 4.80 Å². The summed E-state index contributed by atoms with van der Waals surface area (Å²) in [7, 11) is 1.78. The maximum Gasteiger partial charge on any atom is 0.194 e. The van der Waals surface area contributed by atoms with Crippen molar-refractivity contribution in [3.63, 3.8) is 0 Å². The minimum absolute atomic E-state index is 0.642. The fourth-order valence-corrected chi connectivity index (χ4v) is 2.52. The molecule has 0 radical (unpaired) electrons. The molecule has 0 bridgehead atoms. The fraction of sp³-hybridized carbons (Fsp3) is 0.400. The number of benzene rings is 1. The van der Waals surface area contributed by atoms with Crippen LogP contribution < -0.4 is 5.32 Å². The van der Waals surface area contributed by atoms with Crippen LogP contribution >= 0.6 is 0 Å². The lowest BCUT2D eigenvalue weighted by molar-refractivity contribution is 0.625. The van der Waals surface area contributed by atoms with E-state index in [9.17, 15) is 0 Å². The van der Waals surface area contributed by atoms with Crippen molar-refractivity contribution >= 4 is 10.9 Å². The molecule has 0 fully saturated rings. The van der Waals surface area contributed by atoms with E-state index in [1.807, 2.05) is 0 Å². The maximum atomic E-state index is 4.24. The zero-order valence-corrected chi connectivity index (χ0v) is 12.5. The van der Waals surface area contributed by atoms with Crippen LogP contribution in [0.1, 0.15) is 24.7 Å². The van der Waals surface area contributed by atoms with Gasteiger partial charge < -0.3 is 9.88 Å². The zero-order chi connectivity index (χ0) is 14.7. The predicted molar refractivity (Wildman–Crippen MR) is 81.8 cm³/mol. The van der Waals surface area contributed by atoms with Gasteiger partial charge in [0.1, 0.15) is 0 Å². The van der Waals surface area contributed by atoms with Crippen molar-refractivity contribution in [2.24, 2.45) is 7.05 Å². The lowest BCUT2D eigenvalue weighted by Crippen LogP contribution is -2.13. The van der Waals surface area contributed by atoms with Crippen LogP contribution in [-0.4, -0.2) is 31.3 Å². The van der Waals surface area contributed by atoms with Crippen LogP contribution in [-0.2, 0) is 20.1 Å². The Morgan fingerprint density at radius 1 is 1.24 bits per heavy atom. The number of hydrogen-bond acceptors (Lipinski definition) is 4. The van der Waals surface area contributed by atoms with E-state index in [4.69, 9.17) is 0 Å². The van der Waals surface area contributed by atoms with E-state index in [0.29, 0.717) is 6.54 Å². The number of nitrogens with one attached hydrogen (secondary N) is 1. The van der Waals surface area contributed by atoms with Gasteiger partial charge in [-0.05, 0) is 35.9 Å². The Kier molecular flexibility index (Phi) is 3.96. The maximum absolute atomic E-state index is 4.24. The summed E-state index contributed by atoms with van der Waals surface area (Å²) in [6, 6.07) is 8.57. The molecule has 3 rings (SSSR count). The van der Waals surface area contributed by atoms with Crippen LogP contribution in [0.4, 0.5) is 0 Å². The Labute approximate surface area is 123 Å². The monoisotopic (exact) mass is 284 g/mol. The highest BCUT2D eigenvalue weighted by atomic mass is 15.6. The minimum atomic E-state index is 0.642. The molecule has 0 spiro atoms. The predicted octanol–water partition coefficient (Wildman–Crippen LogP) is 1.71. The van der Waals surface area contributed by atoms with Crippen LogP contribution in [0.3, 0.4) is 0 Å². The van der Waals surface area contributed by atoms with E-state index >= 15 is 0 Å². The highest BCUT2D eigenvalue weighted by Gasteiger charge is 2.08. The van der Waals surface area contributed by atoms with Gasteiger partial charge in [0.25, 0.3) is 0 Å². The molecular formula is C15H20N6. The minimum Gasteiger partial charge on any atom is -0.340 e. The Bertz CT molecular complexity index is 727. The largest absolute Gasteiger partial charge is 0.340 e. The zero-order valence-electron chi connectivity index (χ0n) is 12.5. The number of fused-ring (bicyclic) bond motifs is 1. The SMILES string of the molecule is CCCNCc1cccc2c1ccn2Cc1nnn(C)n1. The summed E-state index contributed by atoms with van der Waals surface area (Å²) in [5, 5.41) is 16.9. The molecule has 0 aliphatic heterocycles. The third kappa shape index (κ3) is 2.95. The van der Waals surface area contributed by atoms with Crippen LogP contribution in [0.2, 0.25) is 0 Å². The highest BCUT2D eigenvalue weighted by Crippen LogP contribution is 2.20. The quantitative estimate of drug-likeness (QED) is 0.700. The number of aryl methyl sites for hydroxylation is 1. The van der Waals surface area contributed by atoms with Gasteiger partial charge in [0.2, 0.25) is 0 Å². The standard InChI is InChI=1S/C15H20N6/c1-3-8-16-10-12-5-4-6-14-13(12)7-9-21(14)11-15-17-19-20(2)18-15/h4-7,9,16H,3,8,10-11H2,1-2H3. The van der Waals surface area contributed by atoms with Gasteiger partial charge in [-0.1, -0.05) is 19.1 Å². The topological polar surface area (TPSA) is 60.6 Å². The first-order valence-electron chi connectivity index (χ1n) is 7.28. The smallest absolute Gasteiger partial charge is 0.194 e. The first-order valence-corrected chi connectivity index (χ1v) is 7.28. The number of nitrogens with zero attached hydrogens (tertiary/aromatic N) is 5. The average Bonchev–Trinajstić information content (AvgIpc) is 3.07. The van der Waals surface area contributed by atoms with E-state index in [2.05, 4.69) is 62.7 Å². The molecule has 21 heavy (non-hydrogen) atoms. The summed E-state index contributed by atoms with van der Waals surface area (Å²) in [4.78, 5) is 1.49. The third-order valence-corrected chi connectivity index (χ3v) is 3.51. The first kappa shape index (κ1) is 13.8. The van der Waals surface area contributed by atoms with Crippen molar-refractivity contribution in [3.8, 4) is 0 Å². The van der Waals surface area contributed by atoms with E-state index in [-0.39, 0.29) is 0 Å². The van der Waals surface area contributed by atoms with Gasteiger partial charge in [-0.3, -0.25) is 0 Å².